The first-order chi connectivity index (χ1) is 11.7. The van der Waals surface area contributed by atoms with E-state index >= 15 is 0 Å². The van der Waals surface area contributed by atoms with Gasteiger partial charge in [0.1, 0.15) is 5.83 Å². The molecule has 0 saturated carbocycles. The molecule has 0 aliphatic heterocycles. The second-order valence-electron chi connectivity index (χ2n) is 6.75. The predicted octanol–water partition coefficient (Wildman–Crippen LogP) is 5.47. The molecular weight excluding hydrogens is 341 g/mol. The van der Waals surface area contributed by atoms with Gasteiger partial charge in [-0.15, -0.1) is 11.6 Å². The lowest BCUT2D eigenvalue weighted by Crippen LogP contribution is -2.21. The molecule has 0 amide bonds. The van der Waals surface area contributed by atoms with E-state index in [2.05, 4.69) is 27.4 Å². The molecular formula is C20H27ClFNO2. The summed E-state index contributed by atoms with van der Waals surface area (Å²) in [7, 11) is 3.07. The number of rotatable bonds is 7. The van der Waals surface area contributed by atoms with Crippen molar-refractivity contribution in [2.24, 2.45) is 11.1 Å². The second-order valence-corrected chi connectivity index (χ2v) is 7.02. The summed E-state index contributed by atoms with van der Waals surface area (Å²) in [4.78, 5) is 0. The number of hydrogen-bond acceptors (Lipinski definition) is 3. The van der Waals surface area contributed by atoms with Crippen LogP contribution in [0.25, 0.3) is 5.57 Å². The third-order valence-corrected chi connectivity index (χ3v) is 4.13. The van der Waals surface area contributed by atoms with Crippen LogP contribution in [0, 0.1) is 5.41 Å². The first-order valence-corrected chi connectivity index (χ1v) is 8.48. The highest BCUT2D eigenvalue weighted by atomic mass is 35.5. The van der Waals surface area contributed by atoms with Crippen molar-refractivity contribution in [3.05, 3.63) is 65.3 Å². The molecule has 1 atom stereocenters. The molecule has 0 spiro atoms. The summed E-state index contributed by atoms with van der Waals surface area (Å²) in [5.74, 6) is -0.0416. The molecule has 0 aliphatic rings. The molecule has 0 aliphatic carbocycles. The van der Waals surface area contributed by atoms with Gasteiger partial charge in [-0.05, 0) is 28.2 Å². The molecule has 0 fully saturated rings. The molecule has 138 valence electrons. The van der Waals surface area contributed by atoms with E-state index < -0.39 is 5.83 Å². The van der Waals surface area contributed by atoms with Gasteiger partial charge in [0.25, 0.3) is 0 Å². The van der Waals surface area contributed by atoms with Crippen molar-refractivity contribution in [3.63, 3.8) is 0 Å². The molecule has 0 heterocycles. The number of allylic oxidation sites excluding steroid dienone is 4. The molecule has 1 aromatic rings. The number of methoxy groups -OCH3 is 2. The van der Waals surface area contributed by atoms with Crippen LogP contribution in [-0.2, 0) is 15.4 Å². The lowest BCUT2D eigenvalue weighted by atomic mass is 9.81. The Balaban J connectivity index is 3.75. The first-order valence-electron chi connectivity index (χ1n) is 7.94. The average Bonchev–Trinajstić information content (AvgIpc) is 2.58. The Morgan fingerprint density at radius 3 is 2.44 bits per heavy atom. The Morgan fingerprint density at radius 2 is 2.00 bits per heavy atom. The van der Waals surface area contributed by atoms with E-state index in [-0.39, 0.29) is 23.0 Å². The summed E-state index contributed by atoms with van der Waals surface area (Å²) < 4.78 is 25.3. The van der Waals surface area contributed by atoms with Crippen LogP contribution in [0.15, 0.2) is 48.6 Å². The van der Waals surface area contributed by atoms with E-state index in [1.54, 1.807) is 7.11 Å². The molecule has 2 N–H and O–H groups in total. The first kappa shape index (κ1) is 21.3. The van der Waals surface area contributed by atoms with Gasteiger partial charge in [-0.2, -0.15) is 0 Å². The average molecular weight is 368 g/mol. The SMILES string of the molecule is C=C/C(F)=C(\C=C(/N)OC)c1ccc(CCl)cc1[C@H](OC)C(C)(C)C. The summed E-state index contributed by atoms with van der Waals surface area (Å²) in [6.45, 7) is 9.70. The zero-order valence-corrected chi connectivity index (χ0v) is 16.3. The summed E-state index contributed by atoms with van der Waals surface area (Å²) >= 11 is 5.99. The number of alkyl halides is 1. The van der Waals surface area contributed by atoms with Crippen molar-refractivity contribution in [3.8, 4) is 0 Å². The molecule has 3 nitrogen and oxygen atoms in total. The van der Waals surface area contributed by atoms with Crippen LogP contribution in [-0.4, -0.2) is 14.2 Å². The minimum atomic E-state index is -0.497. The van der Waals surface area contributed by atoms with E-state index in [0.29, 0.717) is 11.4 Å². The highest BCUT2D eigenvalue weighted by Gasteiger charge is 2.29. The molecule has 0 radical (unpaired) electrons. The number of benzene rings is 1. The van der Waals surface area contributed by atoms with Crippen molar-refractivity contribution in [2.45, 2.75) is 32.8 Å². The number of hydrogen-bond donors (Lipinski definition) is 1. The van der Waals surface area contributed by atoms with Crippen LogP contribution in [0.5, 0.6) is 0 Å². The Hall–Kier alpha value is -1.78. The smallest absolute Gasteiger partial charge is 0.184 e. The quantitative estimate of drug-likeness (QED) is 0.394. The van der Waals surface area contributed by atoms with E-state index in [9.17, 15) is 4.39 Å². The number of nitrogens with two attached hydrogens (primary N) is 1. The van der Waals surface area contributed by atoms with E-state index in [4.69, 9.17) is 26.8 Å². The van der Waals surface area contributed by atoms with Crippen LogP contribution in [0.1, 0.15) is 43.6 Å². The van der Waals surface area contributed by atoms with E-state index in [1.807, 2.05) is 18.2 Å². The third-order valence-electron chi connectivity index (χ3n) is 3.82. The van der Waals surface area contributed by atoms with Crippen LogP contribution in [0.2, 0.25) is 0 Å². The van der Waals surface area contributed by atoms with Gasteiger partial charge in [0.05, 0.1) is 13.2 Å². The summed E-state index contributed by atoms with van der Waals surface area (Å²) in [5, 5.41) is 0. The topological polar surface area (TPSA) is 44.5 Å². The Bertz CT molecular complexity index is 675. The molecule has 25 heavy (non-hydrogen) atoms. The van der Waals surface area contributed by atoms with Crippen molar-refractivity contribution in [1.82, 2.24) is 0 Å². The summed E-state index contributed by atoms with van der Waals surface area (Å²) in [6.07, 6.45) is 2.33. The Labute approximate surface area is 155 Å². The largest absolute Gasteiger partial charge is 0.483 e. The number of halogens is 2. The second kappa shape index (κ2) is 9.07. The standard InChI is InChI=1S/C20H27ClFNO2/c1-7-17(22)15(11-18(23)24-5)14-9-8-13(12-21)10-16(14)19(25-6)20(2,3)4/h7-11,19H,1,12,23H2,2-6H3/b17-15-,18-11+/t19-/m0/s1. The fraction of sp³-hybridized carbons (Fsp3) is 0.400. The van der Waals surface area contributed by atoms with Gasteiger partial charge in [0.2, 0.25) is 0 Å². The highest BCUT2D eigenvalue weighted by Crippen LogP contribution is 2.40. The van der Waals surface area contributed by atoms with Gasteiger partial charge in [-0.1, -0.05) is 45.5 Å². The van der Waals surface area contributed by atoms with Gasteiger partial charge >= 0.3 is 0 Å². The normalized spacial score (nSPS) is 14.8. The zero-order valence-electron chi connectivity index (χ0n) is 15.5. The summed E-state index contributed by atoms with van der Waals surface area (Å²) in [6, 6.07) is 5.62. The maximum absolute atomic E-state index is 14.5. The van der Waals surface area contributed by atoms with Crippen LogP contribution in [0.3, 0.4) is 0 Å². The highest BCUT2D eigenvalue weighted by molar-refractivity contribution is 6.17. The van der Waals surface area contributed by atoms with Crippen LogP contribution < -0.4 is 5.73 Å². The van der Waals surface area contributed by atoms with Crippen molar-refractivity contribution < 1.29 is 13.9 Å². The predicted molar refractivity (Wildman–Crippen MR) is 103 cm³/mol. The minimum absolute atomic E-state index is 0.101. The molecule has 1 rings (SSSR count). The maximum atomic E-state index is 14.5. The van der Waals surface area contributed by atoms with Crippen LogP contribution in [0.4, 0.5) is 4.39 Å². The van der Waals surface area contributed by atoms with Crippen molar-refractivity contribution in [2.75, 3.05) is 14.2 Å². The third kappa shape index (κ3) is 5.35. The van der Waals surface area contributed by atoms with E-state index in [1.165, 1.54) is 13.2 Å². The fourth-order valence-corrected chi connectivity index (χ4v) is 2.86. The minimum Gasteiger partial charge on any atom is -0.483 e. The monoisotopic (exact) mass is 367 g/mol. The van der Waals surface area contributed by atoms with Gasteiger partial charge in [0, 0.05) is 24.6 Å². The lowest BCUT2D eigenvalue weighted by molar-refractivity contribution is 0.0150. The lowest BCUT2D eigenvalue weighted by Gasteiger charge is -2.32. The zero-order chi connectivity index (χ0) is 19.2. The van der Waals surface area contributed by atoms with Gasteiger partial charge < -0.3 is 15.2 Å². The molecule has 0 unspecified atom stereocenters. The molecule has 0 aromatic heterocycles. The molecule has 0 bridgehead atoms. The molecule has 1 aromatic carbocycles. The van der Waals surface area contributed by atoms with Gasteiger partial charge in [-0.25, -0.2) is 4.39 Å². The van der Waals surface area contributed by atoms with Crippen LogP contribution >= 0.6 is 11.6 Å². The molecule has 5 heteroatoms. The maximum Gasteiger partial charge on any atom is 0.184 e. The van der Waals surface area contributed by atoms with E-state index in [0.717, 1.165) is 17.2 Å². The Morgan fingerprint density at radius 1 is 1.36 bits per heavy atom. The summed E-state index contributed by atoms with van der Waals surface area (Å²) in [5.41, 5.74) is 8.26. The van der Waals surface area contributed by atoms with Crippen molar-refractivity contribution in [1.29, 1.82) is 0 Å². The fourth-order valence-electron chi connectivity index (χ4n) is 2.69. The molecule has 0 saturated heterocycles. The number of ether oxygens (including phenoxy) is 2. The Kier molecular flexibility index (Phi) is 7.71. The van der Waals surface area contributed by atoms with Gasteiger partial charge in [-0.3, -0.25) is 0 Å². The van der Waals surface area contributed by atoms with Crippen molar-refractivity contribution >= 4 is 17.2 Å². The van der Waals surface area contributed by atoms with Gasteiger partial charge in [0.15, 0.2) is 5.88 Å².